The molecule has 2 aromatic heterocycles. The van der Waals surface area contributed by atoms with Gasteiger partial charge in [0, 0.05) is 18.7 Å². The first-order chi connectivity index (χ1) is 13.7. The molecule has 0 bridgehead atoms. The van der Waals surface area contributed by atoms with Crippen molar-refractivity contribution < 1.29 is 9.18 Å². The lowest BCUT2D eigenvalue weighted by molar-refractivity contribution is 0.0942. The number of amides is 1. The molecule has 0 radical (unpaired) electrons. The Bertz CT molecular complexity index is 981. The summed E-state index contributed by atoms with van der Waals surface area (Å²) >= 11 is 1.42. The average molecular weight is 400 g/mol. The van der Waals surface area contributed by atoms with Crippen LogP contribution < -0.4 is 5.32 Å². The summed E-state index contributed by atoms with van der Waals surface area (Å²) < 4.78 is 17.1. The van der Waals surface area contributed by atoms with E-state index in [0.29, 0.717) is 23.1 Å². The molecule has 4 rings (SSSR count). The maximum absolute atomic E-state index is 13.3. The molecule has 0 unspecified atom stereocenters. The number of halogens is 1. The molecule has 0 fully saturated rings. The van der Waals surface area contributed by atoms with Crippen molar-refractivity contribution in [2.24, 2.45) is 0 Å². The lowest BCUT2D eigenvalue weighted by Gasteiger charge is -2.12. The number of carbonyl (C=O) groups excluding carboxylic acids is 1. The van der Waals surface area contributed by atoms with E-state index in [1.807, 2.05) is 6.26 Å². The number of hydrogen-bond acceptors (Lipinski definition) is 5. The van der Waals surface area contributed by atoms with Crippen molar-refractivity contribution in [2.75, 3.05) is 6.26 Å². The Hall–Kier alpha value is -2.68. The fourth-order valence-corrected chi connectivity index (χ4v) is 3.95. The maximum atomic E-state index is 13.3. The smallest absolute Gasteiger partial charge is 0.270 e. The summed E-state index contributed by atoms with van der Waals surface area (Å²) in [6.07, 6.45) is 7.75. The van der Waals surface area contributed by atoms with Gasteiger partial charge in [-0.05, 0) is 43.4 Å². The van der Waals surface area contributed by atoms with Gasteiger partial charge in [0.15, 0.2) is 11.0 Å². The van der Waals surface area contributed by atoms with E-state index in [1.54, 1.807) is 16.7 Å². The fraction of sp³-hybridized carbons (Fsp3) is 0.368. The van der Waals surface area contributed by atoms with E-state index >= 15 is 0 Å². The van der Waals surface area contributed by atoms with E-state index < -0.39 is 0 Å². The van der Waals surface area contributed by atoms with E-state index in [1.165, 1.54) is 36.5 Å². The SMILES string of the molecule is CSc1ncc(C(=O)NCc2nnc3n2CCCCC3)n1-c1ccc(F)cc1. The highest BCUT2D eigenvalue weighted by Gasteiger charge is 2.20. The Balaban J connectivity index is 1.55. The molecule has 1 amide bonds. The van der Waals surface area contributed by atoms with E-state index in [9.17, 15) is 9.18 Å². The molecule has 0 saturated carbocycles. The summed E-state index contributed by atoms with van der Waals surface area (Å²) in [5, 5.41) is 12.1. The third kappa shape index (κ3) is 3.66. The van der Waals surface area contributed by atoms with E-state index in [0.717, 1.165) is 37.5 Å². The molecule has 9 heteroatoms. The third-order valence-electron chi connectivity index (χ3n) is 4.82. The second kappa shape index (κ2) is 8.14. The molecule has 1 aliphatic heterocycles. The number of fused-ring (bicyclic) bond motifs is 1. The zero-order valence-corrected chi connectivity index (χ0v) is 16.4. The lowest BCUT2D eigenvalue weighted by Crippen LogP contribution is -2.27. The first-order valence-corrected chi connectivity index (χ1v) is 10.5. The number of nitrogens with one attached hydrogen (secondary N) is 1. The quantitative estimate of drug-likeness (QED) is 0.666. The number of thioether (sulfide) groups is 1. The Kier molecular flexibility index (Phi) is 5.43. The van der Waals surface area contributed by atoms with E-state index in [4.69, 9.17) is 0 Å². The first-order valence-electron chi connectivity index (χ1n) is 9.24. The molecule has 0 atom stereocenters. The predicted molar refractivity (Wildman–Crippen MR) is 104 cm³/mol. The highest BCUT2D eigenvalue weighted by Crippen LogP contribution is 2.22. The molecule has 0 saturated heterocycles. The van der Waals surface area contributed by atoms with Crippen LogP contribution in [0.4, 0.5) is 4.39 Å². The molecule has 28 heavy (non-hydrogen) atoms. The number of carbonyl (C=O) groups is 1. The molecule has 3 heterocycles. The Morgan fingerprint density at radius 1 is 1.21 bits per heavy atom. The van der Waals surface area contributed by atoms with Crippen LogP contribution in [-0.2, 0) is 19.5 Å². The Labute approximate surface area is 166 Å². The van der Waals surface area contributed by atoms with Crippen LogP contribution in [0.3, 0.4) is 0 Å². The van der Waals surface area contributed by atoms with Crippen LogP contribution in [0.1, 0.15) is 41.4 Å². The monoisotopic (exact) mass is 400 g/mol. The van der Waals surface area contributed by atoms with Gasteiger partial charge in [-0.15, -0.1) is 10.2 Å². The topological polar surface area (TPSA) is 77.6 Å². The summed E-state index contributed by atoms with van der Waals surface area (Å²) in [7, 11) is 0. The van der Waals surface area contributed by atoms with Gasteiger partial charge >= 0.3 is 0 Å². The summed E-state index contributed by atoms with van der Waals surface area (Å²) in [6.45, 7) is 1.19. The van der Waals surface area contributed by atoms with Crippen LogP contribution >= 0.6 is 11.8 Å². The van der Waals surface area contributed by atoms with Crippen molar-refractivity contribution in [1.29, 1.82) is 0 Å². The highest BCUT2D eigenvalue weighted by atomic mass is 32.2. The molecule has 146 valence electrons. The van der Waals surface area contributed by atoms with Crippen molar-refractivity contribution in [1.82, 2.24) is 29.6 Å². The van der Waals surface area contributed by atoms with Crippen LogP contribution in [0.25, 0.3) is 5.69 Å². The van der Waals surface area contributed by atoms with Crippen molar-refractivity contribution in [3.63, 3.8) is 0 Å². The Morgan fingerprint density at radius 2 is 2.04 bits per heavy atom. The number of aryl methyl sites for hydroxylation is 1. The first kappa shape index (κ1) is 18.7. The van der Waals surface area contributed by atoms with Gasteiger partial charge in [-0.25, -0.2) is 9.37 Å². The van der Waals surface area contributed by atoms with Crippen LogP contribution in [0.2, 0.25) is 0 Å². The van der Waals surface area contributed by atoms with Gasteiger partial charge < -0.3 is 9.88 Å². The van der Waals surface area contributed by atoms with Gasteiger partial charge in [0.2, 0.25) is 0 Å². The van der Waals surface area contributed by atoms with E-state index in [-0.39, 0.29) is 11.7 Å². The van der Waals surface area contributed by atoms with Crippen LogP contribution in [0, 0.1) is 5.82 Å². The van der Waals surface area contributed by atoms with Crippen molar-refractivity contribution in [2.45, 2.75) is 43.9 Å². The summed E-state index contributed by atoms with van der Waals surface area (Å²) in [4.78, 5) is 17.2. The number of benzene rings is 1. The molecule has 0 aliphatic carbocycles. The normalized spacial score (nSPS) is 13.8. The molecule has 1 N–H and O–H groups in total. The van der Waals surface area contributed by atoms with Crippen molar-refractivity contribution in [3.8, 4) is 5.69 Å². The van der Waals surface area contributed by atoms with Crippen LogP contribution in [0.5, 0.6) is 0 Å². The number of rotatable bonds is 5. The fourth-order valence-electron chi connectivity index (χ4n) is 3.40. The maximum Gasteiger partial charge on any atom is 0.270 e. The third-order valence-corrected chi connectivity index (χ3v) is 5.48. The molecule has 0 spiro atoms. The average Bonchev–Trinajstić information content (AvgIpc) is 3.23. The number of hydrogen-bond donors (Lipinski definition) is 1. The van der Waals surface area contributed by atoms with E-state index in [2.05, 4.69) is 25.1 Å². The molecular weight excluding hydrogens is 379 g/mol. The highest BCUT2D eigenvalue weighted by molar-refractivity contribution is 7.98. The largest absolute Gasteiger partial charge is 0.343 e. The summed E-state index contributed by atoms with van der Waals surface area (Å²) in [5.74, 6) is 1.17. The van der Waals surface area contributed by atoms with Gasteiger partial charge in [-0.3, -0.25) is 9.36 Å². The standard InChI is InChI=1S/C19H21FN6OS/c1-28-19-22-11-15(26(19)14-8-6-13(20)7-9-14)18(27)21-12-17-24-23-16-5-3-2-4-10-25(16)17/h6-9,11H,2-5,10,12H2,1H3,(H,21,27). The zero-order valence-electron chi connectivity index (χ0n) is 15.6. The van der Waals surface area contributed by atoms with Crippen molar-refractivity contribution >= 4 is 17.7 Å². The minimum atomic E-state index is -0.326. The van der Waals surface area contributed by atoms with Gasteiger partial charge in [0.25, 0.3) is 5.91 Å². The molecule has 3 aromatic rings. The molecular formula is C19H21FN6OS. The van der Waals surface area contributed by atoms with Gasteiger partial charge in [0.1, 0.15) is 17.3 Å². The predicted octanol–water partition coefficient (Wildman–Crippen LogP) is 2.98. The zero-order chi connectivity index (χ0) is 19.5. The van der Waals surface area contributed by atoms with Crippen LogP contribution in [-0.4, -0.2) is 36.5 Å². The summed E-state index contributed by atoms with van der Waals surface area (Å²) in [5.41, 5.74) is 1.08. The second-order valence-electron chi connectivity index (χ2n) is 6.62. The number of imidazole rings is 1. The van der Waals surface area contributed by atoms with Gasteiger partial charge in [-0.1, -0.05) is 18.2 Å². The van der Waals surface area contributed by atoms with Gasteiger partial charge in [0.05, 0.1) is 12.7 Å². The van der Waals surface area contributed by atoms with Crippen molar-refractivity contribution in [3.05, 3.63) is 53.6 Å². The number of aromatic nitrogens is 5. The Morgan fingerprint density at radius 3 is 2.82 bits per heavy atom. The minimum absolute atomic E-state index is 0.261. The lowest BCUT2D eigenvalue weighted by atomic mass is 10.2. The molecule has 1 aromatic carbocycles. The number of nitrogens with zero attached hydrogens (tertiary/aromatic N) is 5. The van der Waals surface area contributed by atoms with Gasteiger partial charge in [-0.2, -0.15) is 0 Å². The summed E-state index contributed by atoms with van der Waals surface area (Å²) in [6, 6.07) is 6.00. The van der Waals surface area contributed by atoms with Crippen LogP contribution in [0.15, 0.2) is 35.6 Å². The minimum Gasteiger partial charge on any atom is -0.343 e. The molecule has 1 aliphatic rings. The molecule has 7 nitrogen and oxygen atoms in total. The second-order valence-corrected chi connectivity index (χ2v) is 7.39.